The van der Waals surface area contributed by atoms with Crippen molar-refractivity contribution in [1.82, 2.24) is 5.32 Å². The van der Waals surface area contributed by atoms with Crippen LogP contribution < -0.4 is 25.8 Å². The monoisotopic (exact) mass is 665 g/mol. The highest BCUT2D eigenvalue weighted by atomic mass is 16.2. The molecule has 0 aliphatic carbocycles. The van der Waals surface area contributed by atoms with Crippen LogP contribution in [0.4, 0.5) is 22.7 Å². The van der Waals surface area contributed by atoms with E-state index in [9.17, 15) is 14.4 Å². The van der Waals surface area contributed by atoms with E-state index in [0.29, 0.717) is 19.3 Å². The van der Waals surface area contributed by atoms with E-state index in [1.54, 1.807) is 0 Å². The Morgan fingerprint density at radius 2 is 1.12 bits per heavy atom. The van der Waals surface area contributed by atoms with Gasteiger partial charge in [0.05, 0.1) is 6.04 Å². The van der Waals surface area contributed by atoms with Gasteiger partial charge >= 0.3 is 0 Å². The first-order valence-corrected chi connectivity index (χ1v) is 18.5. The number of para-hydroxylation sites is 2. The number of nitrogens with zero attached hydrogens (tertiary/aromatic N) is 2. The van der Waals surface area contributed by atoms with Gasteiger partial charge in [-0.05, 0) is 93.6 Å². The molecule has 0 bridgehead atoms. The van der Waals surface area contributed by atoms with Gasteiger partial charge in [-0.3, -0.25) is 14.4 Å². The number of carbonyl (C=O) groups excluding carboxylic acids is 3. The molecule has 0 aromatic heterocycles. The van der Waals surface area contributed by atoms with Crippen molar-refractivity contribution in [3.05, 3.63) is 83.9 Å². The maximum absolute atomic E-state index is 12.6. The van der Waals surface area contributed by atoms with Crippen LogP contribution in [-0.4, -0.2) is 36.3 Å². The Labute approximate surface area is 293 Å². The van der Waals surface area contributed by atoms with Crippen LogP contribution >= 0.6 is 0 Å². The van der Waals surface area contributed by atoms with Crippen LogP contribution in [0.1, 0.15) is 122 Å². The highest BCUT2D eigenvalue weighted by molar-refractivity contribution is 5.96. The Morgan fingerprint density at radius 3 is 1.71 bits per heavy atom. The fourth-order valence-corrected chi connectivity index (χ4v) is 7.52. The van der Waals surface area contributed by atoms with E-state index in [1.165, 1.54) is 18.4 Å². The molecule has 3 N–H and O–H groups in total. The summed E-state index contributed by atoms with van der Waals surface area (Å²) in [7, 11) is 0. The average molecular weight is 666 g/mol. The van der Waals surface area contributed by atoms with Crippen LogP contribution in [0, 0.1) is 0 Å². The lowest BCUT2D eigenvalue weighted by molar-refractivity contribution is -0.119. The summed E-state index contributed by atoms with van der Waals surface area (Å²) in [5, 5.41) is 10.5. The van der Waals surface area contributed by atoms with E-state index >= 15 is 0 Å². The van der Waals surface area contributed by atoms with Crippen molar-refractivity contribution in [3.8, 4) is 0 Å². The van der Waals surface area contributed by atoms with E-state index in [0.717, 1.165) is 73.4 Å². The van der Waals surface area contributed by atoms with Gasteiger partial charge in [-0.15, -0.1) is 0 Å². The number of benzene rings is 3. The molecule has 49 heavy (non-hydrogen) atoms. The van der Waals surface area contributed by atoms with E-state index in [-0.39, 0.29) is 41.9 Å². The molecule has 8 nitrogen and oxygen atoms in total. The SMILES string of the molecule is CCC(=O)N1c2ccccc2C(NCCCCCCCCC(=O)Nc2ccc(N[C@@H]3C[C@H](C)N(C(=O)CC)c4ccccc43)cc2)CC1C. The average Bonchev–Trinajstić information content (AvgIpc) is 3.11. The molecule has 262 valence electrons. The second-order valence-electron chi connectivity index (χ2n) is 13.7. The molecule has 0 spiro atoms. The van der Waals surface area contributed by atoms with E-state index in [2.05, 4.69) is 54.1 Å². The molecule has 4 atom stereocenters. The highest BCUT2D eigenvalue weighted by Gasteiger charge is 2.34. The van der Waals surface area contributed by atoms with Crippen LogP contribution in [0.3, 0.4) is 0 Å². The normalized spacial score (nSPS) is 19.9. The molecule has 2 heterocycles. The van der Waals surface area contributed by atoms with Gasteiger partial charge in [0, 0.05) is 60.1 Å². The minimum absolute atomic E-state index is 0.0572. The van der Waals surface area contributed by atoms with Gasteiger partial charge in [-0.2, -0.15) is 0 Å². The first-order valence-electron chi connectivity index (χ1n) is 18.5. The number of unbranched alkanes of at least 4 members (excludes halogenated alkanes) is 5. The Kier molecular flexibility index (Phi) is 12.9. The predicted octanol–water partition coefficient (Wildman–Crippen LogP) is 8.91. The van der Waals surface area contributed by atoms with Crippen LogP contribution in [0.2, 0.25) is 0 Å². The van der Waals surface area contributed by atoms with E-state index in [4.69, 9.17) is 0 Å². The summed E-state index contributed by atoms with van der Waals surface area (Å²) in [5.41, 5.74) is 6.20. The second-order valence-corrected chi connectivity index (χ2v) is 13.7. The van der Waals surface area contributed by atoms with Crippen molar-refractivity contribution >= 4 is 40.5 Å². The lowest BCUT2D eigenvalue weighted by Crippen LogP contribution is -2.45. The molecule has 2 aliphatic rings. The zero-order valence-corrected chi connectivity index (χ0v) is 29.8. The van der Waals surface area contributed by atoms with Gasteiger partial charge in [-0.25, -0.2) is 0 Å². The Morgan fingerprint density at radius 1 is 0.633 bits per heavy atom. The minimum Gasteiger partial charge on any atom is -0.378 e. The Hall–Kier alpha value is -4.17. The smallest absolute Gasteiger partial charge is 0.226 e. The van der Waals surface area contributed by atoms with Crippen molar-refractivity contribution in [2.45, 2.75) is 122 Å². The number of anilines is 4. The van der Waals surface area contributed by atoms with Crippen molar-refractivity contribution in [2.24, 2.45) is 0 Å². The molecule has 3 amide bonds. The molecule has 0 radical (unpaired) electrons. The van der Waals surface area contributed by atoms with Crippen LogP contribution in [0.25, 0.3) is 0 Å². The molecule has 8 heteroatoms. The third-order valence-corrected chi connectivity index (χ3v) is 10.1. The van der Waals surface area contributed by atoms with Crippen LogP contribution in [0.5, 0.6) is 0 Å². The third-order valence-electron chi connectivity index (χ3n) is 10.1. The number of carbonyl (C=O) groups is 3. The summed E-state index contributed by atoms with van der Waals surface area (Å²) < 4.78 is 0. The van der Waals surface area contributed by atoms with Crippen molar-refractivity contribution < 1.29 is 14.4 Å². The molecule has 5 rings (SSSR count). The minimum atomic E-state index is 0.0572. The zero-order chi connectivity index (χ0) is 34.8. The van der Waals surface area contributed by atoms with Gasteiger partial charge in [0.1, 0.15) is 0 Å². The number of fused-ring (bicyclic) bond motifs is 2. The second kappa shape index (κ2) is 17.5. The van der Waals surface area contributed by atoms with Crippen LogP contribution in [-0.2, 0) is 14.4 Å². The first kappa shape index (κ1) is 36.1. The Balaban J connectivity index is 0.969. The molecule has 2 unspecified atom stereocenters. The van der Waals surface area contributed by atoms with Gasteiger partial charge in [0.15, 0.2) is 0 Å². The molecule has 3 aromatic carbocycles. The van der Waals surface area contributed by atoms with Gasteiger partial charge in [-0.1, -0.05) is 75.9 Å². The summed E-state index contributed by atoms with van der Waals surface area (Å²) in [4.78, 5) is 41.8. The number of hydrogen-bond acceptors (Lipinski definition) is 5. The lowest BCUT2D eigenvalue weighted by Gasteiger charge is -2.40. The first-order chi connectivity index (χ1) is 23.8. The predicted molar refractivity (Wildman–Crippen MR) is 201 cm³/mol. The van der Waals surface area contributed by atoms with E-state index < -0.39 is 0 Å². The zero-order valence-electron chi connectivity index (χ0n) is 29.8. The number of nitrogens with one attached hydrogen (secondary N) is 3. The fourth-order valence-electron chi connectivity index (χ4n) is 7.52. The van der Waals surface area contributed by atoms with Crippen molar-refractivity contribution in [2.75, 3.05) is 27.0 Å². The van der Waals surface area contributed by atoms with Crippen molar-refractivity contribution in [1.29, 1.82) is 0 Å². The summed E-state index contributed by atoms with van der Waals surface area (Å²) >= 11 is 0. The number of hydrogen-bond donors (Lipinski definition) is 3. The van der Waals surface area contributed by atoms with Gasteiger partial charge in [0.25, 0.3) is 0 Å². The molecule has 3 aromatic rings. The maximum Gasteiger partial charge on any atom is 0.226 e. The third kappa shape index (κ3) is 9.09. The quantitative estimate of drug-likeness (QED) is 0.141. The molecule has 0 saturated heterocycles. The lowest BCUT2D eigenvalue weighted by atomic mass is 9.91. The van der Waals surface area contributed by atoms with E-state index in [1.807, 2.05) is 72.2 Å². The summed E-state index contributed by atoms with van der Waals surface area (Å²) in [5.74, 6) is 0.399. The topological polar surface area (TPSA) is 93.8 Å². The standard InChI is InChI=1S/C41H55N5O3/c1-5-40(48)45-29(3)27-35(33-17-12-14-19-37(33)45)42-26-16-10-8-7-9-11-21-39(47)44-32-24-22-31(23-25-32)43-36-28-30(4)46(41(49)6-2)38-20-15-13-18-34(36)38/h12-15,17-20,22-25,29-30,35-36,42-43H,5-11,16,21,26-28H2,1-4H3,(H,44,47)/t29?,30-,35?,36+/m0/s1. The number of rotatable bonds is 15. The molecular weight excluding hydrogens is 610 g/mol. The van der Waals surface area contributed by atoms with Gasteiger partial charge in [0.2, 0.25) is 17.7 Å². The summed E-state index contributed by atoms with van der Waals surface area (Å²) in [6, 6.07) is 25.1. The molecule has 2 aliphatic heterocycles. The maximum atomic E-state index is 12.6. The van der Waals surface area contributed by atoms with Gasteiger partial charge < -0.3 is 25.8 Å². The summed E-state index contributed by atoms with van der Waals surface area (Å²) in [6.07, 6.45) is 9.86. The largest absolute Gasteiger partial charge is 0.378 e. The fraction of sp³-hybridized carbons (Fsp3) is 0.488. The number of amides is 3. The highest BCUT2D eigenvalue weighted by Crippen LogP contribution is 2.40. The summed E-state index contributed by atoms with van der Waals surface area (Å²) in [6.45, 7) is 9.07. The van der Waals surface area contributed by atoms with Crippen LogP contribution in [0.15, 0.2) is 72.8 Å². The molecule has 0 fully saturated rings. The molecular formula is C41H55N5O3. The molecule has 0 saturated carbocycles. The Bertz CT molecular complexity index is 1560. The van der Waals surface area contributed by atoms with Crippen molar-refractivity contribution in [3.63, 3.8) is 0 Å².